The van der Waals surface area contributed by atoms with Crippen LogP contribution in [0.15, 0.2) is 18.2 Å². The van der Waals surface area contributed by atoms with Gasteiger partial charge in [-0.05, 0) is 0 Å². The van der Waals surface area contributed by atoms with Gasteiger partial charge in [0.1, 0.15) is 0 Å². The summed E-state index contributed by atoms with van der Waals surface area (Å²) in [6.45, 7) is 10.3. The molecule has 0 bridgehead atoms. The summed E-state index contributed by atoms with van der Waals surface area (Å²) < 4.78 is 0. The van der Waals surface area contributed by atoms with E-state index in [9.17, 15) is 0 Å². The van der Waals surface area contributed by atoms with Gasteiger partial charge in [-0.15, -0.1) is 13.8 Å². The van der Waals surface area contributed by atoms with Crippen molar-refractivity contribution in [1.82, 2.24) is 0 Å². The van der Waals surface area contributed by atoms with Crippen molar-refractivity contribution in [3.8, 4) is 0 Å². The molecule has 0 amide bonds. The number of hydrogen-bond acceptors (Lipinski definition) is 0. The van der Waals surface area contributed by atoms with Crippen LogP contribution in [-0.4, -0.2) is 0 Å². The van der Waals surface area contributed by atoms with E-state index in [-0.39, 0.29) is 65.4 Å². The van der Waals surface area contributed by atoms with E-state index in [0.717, 1.165) is 0 Å². The molecule has 0 saturated heterocycles. The van der Waals surface area contributed by atoms with Crippen LogP contribution in [0.2, 0.25) is 0 Å². The van der Waals surface area contributed by atoms with Gasteiger partial charge < -0.3 is 0 Å². The number of aryl methyl sites for hydroxylation is 1. The van der Waals surface area contributed by atoms with Crippen molar-refractivity contribution in [1.29, 1.82) is 0 Å². The van der Waals surface area contributed by atoms with Crippen LogP contribution in [-0.2, 0) is 65.4 Å². The second kappa shape index (κ2) is 12.4. The van der Waals surface area contributed by atoms with E-state index in [1.54, 1.807) is 0 Å². The molecule has 2 radical (unpaired) electrons. The molecule has 1 aromatic rings. The smallest absolute Gasteiger partial charge is 0 e. The van der Waals surface area contributed by atoms with Crippen LogP contribution in [0.1, 0.15) is 38.8 Å². The molecule has 14 heavy (non-hydrogen) atoms. The maximum absolute atomic E-state index is 3.17. The monoisotopic (exact) mass is 340 g/mol. The van der Waals surface area contributed by atoms with Crippen molar-refractivity contribution < 1.29 is 65.4 Å². The summed E-state index contributed by atoms with van der Waals surface area (Å²) in [5, 5.41) is 0. The van der Waals surface area contributed by atoms with Crippen molar-refractivity contribution in [2.45, 2.75) is 34.6 Å². The molecule has 1 aromatic carbocycles. The van der Waals surface area contributed by atoms with Crippen LogP contribution in [0, 0.1) is 18.9 Å². The van der Waals surface area contributed by atoms with Gasteiger partial charge in [0.25, 0.3) is 0 Å². The molecule has 0 heterocycles. The van der Waals surface area contributed by atoms with Crippen LogP contribution in [0.5, 0.6) is 0 Å². The molecular weight excluding hydrogens is 322 g/mol. The van der Waals surface area contributed by atoms with Gasteiger partial charge in [-0.25, -0.2) is 29.7 Å². The van der Waals surface area contributed by atoms with Gasteiger partial charge in [0.2, 0.25) is 0 Å². The molecular formula is C12H18Y2-2. The fourth-order valence-electron chi connectivity index (χ4n) is 0.869. The van der Waals surface area contributed by atoms with Gasteiger partial charge in [-0.3, -0.25) is 11.6 Å². The average Bonchev–Trinajstić information content (AvgIpc) is 2.08. The Morgan fingerprint density at radius 3 is 1.93 bits per heavy atom. The summed E-state index contributed by atoms with van der Waals surface area (Å²) >= 11 is 0. The van der Waals surface area contributed by atoms with E-state index in [4.69, 9.17) is 0 Å². The van der Waals surface area contributed by atoms with Crippen LogP contribution in [0.25, 0.3) is 0 Å². The topological polar surface area (TPSA) is 0 Å². The molecule has 0 nitrogen and oxygen atoms in total. The molecule has 0 atom stereocenters. The number of hydrogen-bond donors (Lipinski definition) is 0. The zero-order valence-electron chi connectivity index (χ0n) is 9.89. The van der Waals surface area contributed by atoms with Gasteiger partial charge >= 0.3 is 0 Å². The summed E-state index contributed by atoms with van der Waals surface area (Å²) in [5.74, 6) is 1.32. The third-order valence-electron chi connectivity index (χ3n) is 1.50. The maximum Gasteiger partial charge on any atom is 0 e. The molecule has 0 aromatic heterocycles. The minimum Gasteiger partial charge on any atom is -0.284 e. The molecule has 0 N–H and O–H groups in total. The summed E-state index contributed by atoms with van der Waals surface area (Å²) in [6.07, 6.45) is 0. The first-order valence-electron chi connectivity index (χ1n) is 4.49. The molecule has 0 aliphatic carbocycles. The standard InChI is InChI=1S/C10H12.C2H6.2Y/c1-8(2)10-6-4-5-9(3)7-10;1-2;;/h4-5,7H,1-3H3;1-2H3;;/q-2;;;. The Bertz CT molecular complexity index is 219. The van der Waals surface area contributed by atoms with Crippen LogP contribution < -0.4 is 0 Å². The van der Waals surface area contributed by atoms with Crippen LogP contribution >= 0.6 is 0 Å². The number of rotatable bonds is 1. The van der Waals surface area contributed by atoms with Gasteiger partial charge in [-0.2, -0.15) is 0 Å². The Balaban J connectivity index is -0.000000284. The van der Waals surface area contributed by atoms with E-state index in [0.29, 0.717) is 0 Å². The number of benzene rings is 1. The predicted octanol–water partition coefficient (Wildman–Crippen LogP) is 3.78. The minimum atomic E-state index is 0. The second-order valence-corrected chi connectivity index (χ2v) is 2.78. The Morgan fingerprint density at radius 1 is 1.14 bits per heavy atom. The van der Waals surface area contributed by atoms with Crippen molar-refractivity contribution in [3.05, 3.63) is 41.3 Å². The van der Waals surface area contributed by atoms with E-state index >= 15 is 0 Å². The Labute approximate surface area is 139 Å². The van der Waals surface area contributed by atoms with E-state index in [1.165, 1.54) is 17.0 Å². The predicted molar refractivity (Wildman–Crippen MR) is 55.1 cm³/mol. The van der Waals surface area contributed by atoms with Crippen molar-refractivity contribution in [2.24, 2.45) is 0 Å². The second-order valence-electron chi connectivity index (χ2n) is 2.78. The summed E-state index contributed by atoms with van der Waals surface area (Å²) in [6, 6.07) is 9.35. The summed E-state index contributed by atoms with van der Waals surface area (Å²) in [5.41, 5.74) is 2.52. The summed E-state index contributed by atoms with van der Waals surface area (Å²) in [4.78, 5) is 0. The van der Waals surface area contributed by atoms with Gasteiger partial charge in [0.05, 0.1) is 0 Å². The SMILES string of the molecule is CC.Cc1cc[c-]c([C-](C)C)c1.[Y].[Y]. The van der Waals surface area contributed by atoms with Crippen LogP contribution in [0.3, 0.4) is 0 Å². The molecule has 0 saturated carbocycles. The molecule has 2 heteroatoms. The van der Waals surface area contributed by atoms with Crippen molar-refractivity contribution in [3.63, 3.8) is 0 Å². The van der Waals surface area contributed by atoms with E-state index < -0.39 is 0 Å². The molecule has 74 valence electrons. The molecule has 0 aliphatic heterocycles. The third-order valence-corrected chi connectivity index (χ3v) is 1.50. The van der Waals surface area contributed by atoms with Gasteiger partial charge in [0.15, 0.2) is 0 Å². The Kier molecular flexibility index (Phi) is 18.3. The molecule has 0 unspecified atom stereocenters. The molecule has 1 rings (SSSR count). The van der Waals surface area contributed by atoms with Gasteiger partial charge in [0, 0.05) is 65.4 Å². The zero-order valence-corrected chi connectivity index (χ0v) is 15.6. The van der Waals surface area contributed by atoms with Crippen molar-refractivity contribution >= 4 is 0 Å². The first kappa shape index (κ1) is 20.7. The molecule has 0 spiro atoms. The first-order chi connectivity index (χ1) is 5.70. The van der Waals surface area contributed by atoms with Crippen LogP contribution in [0.4, 0.5) is 0 Å². The Morgan fingerprint density at radius 2 is 1.64 bits per heavy atom. The van der Waals surface area contributed by atoms with E-state index in [2.05, 4.69) is 39.0 Å². The third kappa shape index (κ3) is 8.59. The first-order valence-corrected chi connectivity index (χ1v) is 4.49. The normalized spacial score (nSPS) is 7.21. The van der Waals surface area contributed by atoms with Crippen molar-refractivity contribution in [2.75, 3.05) is 0 Å². The summed E-state index contributed by atoms with van der Waals surface area (Å²) in [7, 11) is 0. The fourth-order valence-corrected chi connectivity index (χ4v) is 0.869. The molecule has 0 aliphatic rings. The maximum atomic E-state index is 3.17. The quantitative estimate of drug-likeness (QED) is 0.683. The molecule has 0 fully saturated rings. The fraction of sp³-hybridized carbons (Fsp3) is 0.417. The zero-order chi connectivity index (χ0) is 9.56. The Hall–Kier alpha value is 1.30. The van der Waals surface area contributed by atoms with Gasteiger partial charge in [-0.1, -0.05) is 20.8 Å². The largest absolute Gasteiger partial charge is 0.284 e. The average molecular weight is 340 g/mol. The van der Waals surface area contributed by atoms with E-state index in [1.807, 2.05) is 19.9 Å². The minimum absolute atomic E-state index is 0.